The van der Waals surface area contributed by atoms with Crippen LogP contribution >= 0.6 is 43.2 Å². The van der Waals surface area contributed by atoms with Crippen molar-refractivity contribution in [2.75, 3.05) is 20.2 Å². The van der Waals surface area contributed by atoms with Crippen molar-refractivity contribution in [2.24, 2.45) is 4.99 Å². The number of benzene rings is 3. The number of fused-ring (bicyclic) bond motifs is 2. The number of carbonyl (C=O) groups is 1. The fourth-order valence-electron chi connectivity index (χ4n) is 5.12. The molecule has 1 amide bonds. The van der Waals surface area contributed by atoms with Gasteiger partial charge >= 0.3 is 0 Å². The van der Waals surface area contributed by atoms with Crippen molar-refractivity contribution in [2.45, 2.75) is 26.8 Å². The van der Waals surface area contributed by atoms with Crippen molar-refractivity contribution >= 4 is 66.0 Å². The van der Waals surface area contributed by atoms with Crippen molar-refractivity contribution in [3.05, 3.63) is 99.6 Å². The second kappa shape index (κ2) is 11.3. The Balaban J connectivity index is 1.87. The van der Waals surface area contributed by atoms with Gasteiger partial charge in [0.25, 0.3) is 11.5 Å². The van der Waals surface area contributed by atoms with Crippen LogP contribution in [0.25, 0.3) is 16.8 Å². The van der Waals surface area contributed by atoms with Crippen molar-refractivity contribution < 1.29 is 14.6 Å². The van der Waals surface area contributed by atoms with Gasteiger partial charge in [-0.1, -0.05) is 57.6 Å². The van der Waals surface area contributed by atoms with Gasteiger partial charge in [0.2, 0.25) is 0 Å². The van der Waals surface area contributed by atoms with E-state index in [1.807, 2.05) is 57.2 Å². The zero-order chi connectivity index (χ0) is 28.7. The summed E-state index contributed by atoms with van der Waals surface area (Å²) in [5.74, 6) is 0.426. The molecule has 0 saturated heterocycles. The predicted molar refractivity (Wildman–Crippen MR) is 166 cm³/mol. The lowest BCUT2D eigenvalue weighted by Crippen LogP contribution is -2.43. The SMILES string of the molecule is CCN(CC)C(=O)C1=C(C)N=c2s/c(=C/c3cc(Br)cc(Br)c3O)c(=O)n2[C@@H]1c1c(OC)ccc2ccccc12. The second-order valence-corrected chi connectivity index (χ2v) is 12.1. The first kappa shape index (κ1) is 28.3. The molecule has 1 atom stereocenters. The quantitative estimate of drug-likeness (QED) is 0.291. The van der Waals surface area contributed by atoms with Gasteiger partial charge in [-0.25, -0.2) is 4.99 Å². The third-order valence-corrected chi connectivity index (χ3v) is 9.12. The second-order valence-electron chi connectivity index (χ2n) is 9.29. The summed E-state index contributed by atoms with van der Waals surface area (Å²) in [6.45, 7) is 6.72. The number of hydrogen-bond acceptors (Lipinski definition) is 6. The molecular formula is C30H27Br2N3O4S. The number of halogens is 2. The van der Waals surface area contributed by atoms with E-state index >= 15 is 0 Å². The average Bonchev–Trinajstić information content (AvgIpc) is 3.24. The van der Waals surface area contributed by atoms with Gasteiger partial charge in [-0.3, -0.25) is 14.2 Å². The highest BCUT2D eigenvalue weighted by Gasteiger charge is 2.36. The molecule has 0 bridgehead atoms. The van der Waals surface area contributed by atoms with Crippen LogP contribution in [0.1, 0.15) is 37.9 Å². The minimum Gasteiger partial charge on any atom is -0.506 e. The Labute approximate surface area is 252 Å². The van der Waals surface area contributed by atoms with Crippen LogP contribution in [0, 0.1) is 0 Å². The molecule has 3 aromatic carbocycles. The molecule has 1 aromatic heterocycles. The highest BCUT2D eigenvalue weighted by molar-refractivity contribution is 9.11. The smallest absolute Gasteiger partial charge is 0.271 e. The molecule has 1 N–H and O–H groups in total. The third-order valence-electron chi connectivity index (χ3n) is 7.07. The van der Waals surface area contributed by atoms with E-state index in [9.17, 15) is 14.7 Å². The van der Waals surface area contributed by atoms with Gasteiger partial charge in [-0.15, -0.1) is 0 Å². The van der Waals surface area contributed by atoms with E-state index in [-0.39, 0.29) is 17.2 Å². The molecule has 0 aliphatic carbocycles. The number of aromatic hydroxyl groups is 1. The van der Waals surface area contributed by atoms with Gasteiger partial charge < -0.3 is 14.7 Å². The van der Waals surface area contributed by atoms with E-state index in [0.29, 0.717) is 49.5 Å². The van der Waals surface area contributed by atoms with Gasteiger partial charge in [-0.2, -0.15) is 0 Å². The minimum absolute atomic E-state index is 0.0230. The third kappa shape index (κ3) is 4.82. The molecule has 40 heavy (non-hydrogen) atoms. The Morgan fingerprint density at radius 1 is 1.18 bits per heavy atom. The van der Waals surface area contributed by atoms with Gasteiger partial charge in [0.1, 0.15) is 17.5 Å². The number of rotatable bonds is 6. The maximum absolute atomic E-state index is 14.2. The fraction of sp³-hybridized carbons (Fsp3) is 0.233. The number of allylic oxidation sites excluding steroid dienone is 1. The van der Waals surface area contributed by atoms with Crippen LogP contribution < -0.4 is 19.6 Å². The Kier molecular flexibility index (Phi) is 8.03. The monoisotopic (exact) mass is 683 g/mol. The Bertz CT molecular complexity index is 1870. The van der Waals surface area contributed by atoms with E-state index < -0.39 is 6.04 Å². The van der Waals surface area contributed by atoms with Gasteiger partial charge in [0.15, 0.2) is 4.80 Å². The van der Waals surface area contributed by atoms with Crippen molar-refractivity contribution in [3.8, 4) is 11.5 Å². The Morgan fingerprint density at radius 2 is 1.90 bits per heavy atom. The summed E-state index contributed by atoms with van der Waals surface area (Å²) in [5.41, 5.74) is 1.88. The molecule has 5 rings (SSSR count). The van der Waals surface area contributed by atoms with Crippen LogP contribution in [-0.2, 0) is 4.79 Å². The molecule has 1 aliphatic heterocycles. The van der Waals surface area contributed by atoms with Crippen molar-refractivity contribution in [3.63, 3.8) is 0 Å². The van der Waals surface area contributed by atoms with Gasteiger partial charge in [-0.05, 0) is 71.7 Å². The van der Waals surface area contributed by atoms with E-state index in [2.05, 4.69) is 31.9 Å². The predicted octanol–water partition coefficient (Wildman–Crippen LogP) is 5.50. The number of likely N-dealkylation sites (N-methyl/N-ethyl adjacent to an activating group) is 1. The molecule has 0 radical (unpaired) electrons. The van der Waals surface area contributed by atoms with Crippen molar-refractivity contribution in [1.82, 2.24) is 9.47 Å². The molecule has 0 unspecified atom stereocenters. The summed E-state index contributed by atoms with van der Waals surface area (Å²) in [6, 6.07) is 14.4. The first-order valence-electron chi connectivity index (χ1n) is 12.8. The Morgan fingerprint density at radius 3 is 2.60 bits per heavy atom. The molecule has 2 heterocycles. The summed E-state index contributed by atoms with van der Waals surface area (Å²) >= 11 is 8.03. The number of amides is 1. The van der Waals surface area contributed by atoms with Crippen LogP contribution in [0.15, 0.2) is 78.5 Å². The summed E-state index contributed by atoms with van der Waals surface area (Å²) in [5, 5.41) is 12.5. The van der Waals surface area contributed by atoms with Crippen LogP contribution in [0.4, 0.5) is 0 Å². The lowest BCUT2D eigenvalue weighted by molar-refractivity contribution is -0.127. The van der Waals surface area contributed by atoms with Crippen LogP contribution in [0.2, 0.25) is 0 Å². The molecule has 4 aromatic rings. The standard InChI is InChI=1S/C30H27Br2N3O4S/c1-5-34(6-2)29(38)24-16(3)33-30-35(26(24)25-20-10-8-7-9-17(20)11-12-22(25)39-4)28(37)23(40-30)14-18-13-19(31)15-21(32)27(18)36/h7-15,26,36H,5-6H2,1-4H3/b23-14+/t26-/m0/s1. The number of hydrogen-bond donors (Lipinski definition) is 1. The molecule has 0 fully saturated rings. The van der Waals surface area contributed by atoms with E-state index in [1.54, 1.807) is 34.8 Å². The first-order valence-corrected chi connectivity index (χ1v) is 15.2. The molecule has 7 nitrogen and oxygen atoms in total. The topological polar surface area (TPSA) is 84.1 Å². The zero-order valence-corrected chi connectivity index (χ0v) is 26.4. The first-order chi connectivity index (χ1) is 19.2. The average molecular weight is 685 g/mol. The molecule has 0 saturated carbocycles. The van der Waals surface area contributed by atoms with Crippen LogP contribution in [0.5, 0.6) is 11.5 Å². The fourth-order valence-corrected chi connectivity index (χ4v) is 7.42. The number of ether oxygens (including phenoxy) is 1. The summed E-state index contributed by atoms with van der Waals surface area (Å²) in [6.07, 6.45) is 1.65. The summed E-state index contributed by atoms with van der Waals surface area (Å²) in [4.78, 5) is 35.2. The number of methoxy groups -OCH3 is 1. The molecule has 206 valence electrons. The van der Waals surface area contributed by atoms with Crippen LogP contribution in [-0.4, -0.2) is 40.7 Å². The highest BCUT2D eigenvalue weighted by Crippen LogP contribution is 2.40. The molecule has 1 aliphatic rings. The Hall–Kier alpha value is -3.21. The number of carbonyl (C=O) groups excluding carboxylic acids is 1. The maximum Gasteiger partial charge on any atom is 0.271 e. The lowest BCUT2D eigenvalue weighted by atomic mass is 9.90. The molecular weight excluding hydrogens is 658 g/mol. The molecule has 10 heteroatoms. The number of aromatic nitrogens is 1. The maximum atomic E-state index is 14.2. The number of phenols is 1. The van der Waals surface area contributed by atoms with E-state index in [1.165, 1.54) is 11.3 Å². The van der Waals surface area contributed by atoms with Gasteiger partial charge in [0.05, 0.1) is 27.4 Å². The number of thiazole rings is 1. The normalized spacial score (nSPS) is 15.2. The minimum atomic E-state index is -0.768. The van der Waals surface area contributed by atoms with Crippen molar-refractivity contribution in [1.29, 1.82) is 0 Å². The summed E-state index contributed by atoms with van der Waals surface area (Å²) in [7, 11) is 1.59. The van der Waals surface area contributed by atoms with E-state index in [4.69, 9.17) is 9.73 Å². The van der Waals surface area contributed by atoms with Gasteiger partial charge in [0, 0.05) is 28.7 Å². The lowest BCUT2D eigenvalue weighted by Gasteiger charge is -2.30. The van der Waals surface area contributed by atoms with Crippen LogP contribution in [0.3, 0.4) is 0 Å². The molecule has 0 spiro atoms. The number of phenolic OH excluding ortho intramolecular Hbond substituents is 1. The highest BCUT2D eigenvalue weighted by atomic mass is 79.9. The summed E-state index contributed by atoms with van der Waals surface area (Å²) < 4.78 is 9.06. The van der Waals surface area contributed by atoms with E-state index in [0.717, 1.165) is 20.8 Å². The largest absolute Gasteiger partial charge is 0.506 e. The number of nitrogens with zero attached hydrogens (tertiary/aromatic N) is 3. The zero-order valence-electron chi connectivity index (χ0n) is 22.4.